The molecule has 0 aliphatic carbocycles. The lowest BCUT2D eigenvalue weighted by Crippen LogP contribution is -2.14. The minimum atomic E-state index is -0.381. The van der Waals surface area contributed by atoms with Crippen molar-refractivity contribution in [1.82, 2.24) is 14.8 Å². The second kappa shape index (κ2) is 8.07. The molecule has 0 aliphatic rings. The second-order valence-corrected chi connectivity index (χ2v) is 6.96. The number of hydrogen-bond donors (Lipinski definition) is 1. The minimum Gasteiger partial charge on any atom is -0.325 e. The summed E-state index contributed by atoms with van der Waals surface area (Å²) in [4.78, 5) is 13.3. The van der Waals surface area contributed by atoms with Crippen LogP contribution >= 0.6 is 23.1 Å². The number of benzene rings is 1. The van der Waals surface area contributed by atoms with Crippen molar-refractivity contribution in [2.75, 3.05) is 11.1 Å². The number of carbonyl (C=O) groups is 1. The number of nitrogens with one attached hydrogen (secondary N) is 1. The first-order valence-corrected chi connectivity index (χ1v) is 9.15. The van der Waals surface area contributed by atoms with Crippen molar-refractivity contribution in [2.45, 2.75) is 18.1 Å². The molecule has 3 rings (SSSR count). The normalized spacial score (nSPS) is 10.7. The van der Waals surface area contributed by atoms with Crippen LogP contribution in [0.4, 0.5) is 10.1 Å². The van der Waals surface area contributed by atoms with E-state index >= 15 is 0 Å². The van der Waals surface area contributed by atoms with Gasteiger partial charge in [-0.3, -0.25) is 4.79 Å². The van der Waals surface area contributed by atoms with Crippen LogP contribution in [0.25, 0.3) is 0 Å². The summed E-state index contributed by atoms with van der Waals surface area (Å²) in [5.74, 6) is -0.402. The van der Waals surface area contributed by atoms with Crippen LogP contribution in [-0.4, -0.2) is 26.4 Å². The largest absolute Gasteiger partial charge is 0.325 e. The number of amides is 1. The summed E-state index contributed by atoms with van der Waals surface area (Å²) < 4.78 is 15.0. The molecule has 0 aliphatic heterocycles. The van der Waals surface area contributed by atoms with Gasteiger partial charge in [0.15, 0.2) is 5.16 Å². The topological polar surface area (TPSA) is 59.8 Å². The van der Waals surface area contributed by atoms with E-state index in [-0.39, 0.29) is 17.5 Å². The first-order chi connectivity index (χ1) is 11.7. The molecule has 0 fully saturated rings. The summed E-state index contributed by atoms with van der Waals surface area (Å²) in [6.45, 7) is 0.765. The minimum absolute atomic E-state index is 0.189. The van der Waals surface area contributed by atoms with Gasteiger partial charge in [-0.2, -0.15) is 0 Å². The molecule has 2 aromatic heterocycles. The molecule has 5 nitrogen and oxygen atoms in total. The number of aryl methyl sites for hydroxylation is 2. The summed E-state index contributed by atoms with van der Waals surface area (Å²) in [7, 11) is 0. The monoisotopic (exact) mass is 362 g/mol. The van der Waals surface area contributed by atoms with E-state index in [1.54, 1.807) is 29.8 Å². The van der Waals surface area contributed by atoms with Gasteiger partial charge in [0.2, 0.25) is 5.91 Å². The van der Waals surface area contributed by atoms with Gasteiger partial charge in [0.25, 0.3) is 0 Å². The van der Waals surface area contributed by atoms with Gasteiger partial charge in [0, 0.05) is 17.1 Å². The molecule has 24 heavy (non-hydrogen) atoms. The molecule has 0 spiro atoms. The lowest BCUT2D eigenvalue weighted by atomic mass is 10.3. The molecule has 1 amide bonds. The van der Waals surface area contributed by atoms with Crippen LogP contribution in [0, 0.1) is 5.82 Å². The van der Waals surface area contributed by atoms with Crippen LogP contribution in [0.15, 0.2) is 53.3 Å². The number of thioether (sulfide) groups is 1. The van der Waals surface area contributed by atoms with Crippen molar-refractivity contribution >= 4 is 34.7 Å². The molecule has 3 aromatic rings. The van der Waals surface area contributed by atoms with Gasteiger partial charge in [-0.15, -0.1) is 21.5 Å². The number of carbonyl (C=O) groups excluding carboxylic acids is 1. The van der Waals surface area contributed by atoms with Crippen LogP contribution in [0.2, 0.25) is 0 Å². The molecule has 1 aromatic carbocycles. The van der Waals surface area contributed by atoms with Crippen molar-refractivity contribution in [3.05, 3.63) is 58.8 Å². The maximum absolute atomic E-state index is 13.1. The highest BCUT2D eigenvalue weighted by Crippen LogP contribution is 2.17. The van der Waals surface area contributed by atoms with Crippen LogP contribution in [-0.2, 0) is 17.8 Å². The van der Waals surface area contributed by atoms with Gasteiger partial charge in [-0.05, 0) is 36.1 Å². The SMILES string of the molecule is O=C(CSc1nncn1CCc1cccs1)Nc1cccc(F)c1. The fraction of sp³-hybridized carbons (Fsp3) is 0.188. The Balaban J connectivity index is 1.51. The fourth-order valence-electron chi connectivity index (χ4n) is 2.09. The Hall–Kier alpha value is -2.19. The molecule has 0 atom stereocenters. The highest BCUT2D eigenvalue weighted by molar-refractivity contribution is 7.99. The third-order valence-electron chi connectivity index (χ3n) is 3.20. The average molecular weight is 362 g/mol. The Morgan fingerprint density at radius 1 is 1.33 bits per heavy atom. The molecular formula is C16H15FN4OS2. The zero-order chi connectivity index (χ0) is 16.8. The van der Waals surface area contributed by atoms with Gasteiger partial charge in [0.1, 0.15) is 12.1 Å². The van der Waals surface area contributed by atoms with Crippen LogP contribution < -0.4 is 5.32 Å². The second-order valence-electron chi connectivity index (χ2n) is 4.98. The highest BCUT2D eigenvalue weighted by Gasteiger charge is 2.09. The van der Waals surface area contributed by atoms with E-state index in [0.29, 0.717) is 10.8 Å². The van der Waals surface area contributed by atoms with Crippen molar-refractivity contribution in [2.24, 2.45) is 0 Å². The van der Waals surface area contributed by atoms with E-state index in [1.165, 1.54) is 28.8 Å². The quantitative estimate of drug-likeness (QED) is 0.654. The number of thiophene rings is 1. The molecule has 124 valence electrons. The summed E-state index contributed by atoms with van der Waals surface area (Å²) in [5.41, 5.74) is 0.444. The van der Waals surface area contributed by atoms with Crippen LogP contribution in [0.5, 0.6) is 0 Å². The third kappa shape index (κ3) is 4.65. The number of nitrogens with zero attached hydrogens (tertiary/aromatic N) is 3. The zero-order valence-electron chi connectivity index (χ0n) is 12.7. The number of anilines is 1. The van der Waals surface area contributed by atoms with Gasteiger partial charge < -0.3 is 9.88 Å². The molecule has 1 N–H and O–H groups in total. The molecular weight excluding hydrogens is 347 g/mol. The molecule has 0 saturated heterocycles. The van der Waals surface area contributed by atoms with E-state index < -0.39 is 0 Å². The van der Waals surface area contributed by atoms with E-state index in [4.69, 9.17) is 0 Å². The van der Waals surface area contributed by atoms with E-state index in [9.17, 15) is 9.18 Å². The van der Waals surface area contributed by atoms with Crippen molar-refractivity contribution < 1.29 is 9.18 Å². The molecule has 2 heterocycles. The molecule has 8 heteroatoms. The number of aromatic nitrogens is 3. The Morgan fingerprint density at radius 2 is 2.25 bits per heavy atom. The van der Waals surface area contributed by atoms with E-state index in [1.807, 2.05) is 16.0 Å². The first-order valence-electron chi connectivity index (χ1n) is 7.29. The number of hydrogen-bond acceptors (Lipinski definition) is 5. The standard InChI is InChI=1S/C16H15FN4OS2/c17-12-3-1-4-13(9-12)19-15(22)10-24-16-20-18-11-21(16)7-6-14-5-2-8-23-14/h1-5,8-9,11H,6-7,10H2,(H,19,22). The van der Waals surface area contributed by atoms with E-state index in [0.717, 1.165) is 13.0 Å². The van der Waals surface area contributed by atoms with E-state index in [2.05, 4.69) is 21.6 Å². The van der Waals surface area contributed by atoms with Crippen molar-refractivity contribution in [3.63, 3.8) is 0 Å². The Morgan fingerprint density at radius 3 is 3.04 bits per heavy atom. The van der Waals surface area contributed by atoms with Gasteiger partial charge in [0.05, 0.1) is 5.75 Å². The lowest BCUT2D eigenvalue weighted by Gasteiger charge is -2.06. The fourth-order valence-corrected chi connectivity index (χ4v) is 3.53. The predicted octanol–water partition coefficient (Wildman–Crippen LogP) is 3.45. The summed E-state index contributed by atoms with van der Waals surface area (Å²) in [6.07, 6.45) is 2.57. The Bertz CT molecular complexity index is 804. The maximum Gasteiger partial charge on any atom is 0.234 e. The Kier molecular flexibility index (Phi) is 5.60. The van der Waals surface area contributed by atoms with Crippen molar-refractivity contribution in [1.29, 1.82) is 0 Å². The predicted molar refractivity (Wildman–Crippen MR) is 93.8 cm³/mol. The lowest BCUT2D eigenvalue weighted by molar-refractivity contribution is -0.113. The maximum atomic E-state index is 13.1. The summed E-state index contributed by atoms with van der Waals surface area (Å²) in [5, 5.41) is 13.4. The molecule has 0 bridgehead atoms. The zero-order valence-corrected chi connectivity index (χ0v) is 14.3. The van der Waals surface area contributed by atoms with Crippen LogP contribution in [0.1, 0.15) is 4.88 Å². The Labute approximate surface area is 146 Å². The first kappa shape index (κ1) is 16.7. The molecule has 0 saturated carbocycles. The third-order valence-corrected chi connectivity index (χ3v) is 5.12. The van der Waals surface area contributed by atoms with Gasteiger partial charge in [-0.25, -0.2) is 4.39 Å². The summed E-state index contributed by atoms with van der Waals surface area (Å²) >= 11 is 3.02. The van der Waals surface area contributed by atoms with Crippen molar-refractivity contribution in [3.8, 4) is 0 Å². The smallest absolute Gasteiger partial charge is 0.234 e. The van der Waals surface area contributed by atoms with Gasteiger partial charge >= 0.3 is 0 Å². The molecule has 0 unspecified atom stereocenters. The summed E-state index contributed by atoms with van der Waals surface area (Å²) in [6, 6.07) is 9.94. The number of rotatable bonds is 7. The molecule has 0 radical (unpaired) electrons. The van der Waals surface area contributed by atoms with Gasteiger partial charge in [-0.1, -0.05) is 23.9 Å². The average Bonchev–Trinajstić information content (AvgIpc) is 3.22. The number of halogens is 1. The van der Waals surface area contributed by atoms with Crippen LogP contribution in [0.3, 0.4) is 0 Å². The highest BCUT2D eigenvalue weighted by atomic mass is 32.2.